The molecule has 0 bridgehead atoms. The molecule has 0 unspecified atom stereocenters. The van der Waals surface area contributed by atoms with E-state index in [1.54, 1.807) is 4.90 Å². The Morgan fingerprint density at radius 3 is 2.60 bits per heavy atom. The maximum atomic E-state index is 12.9. The summed E-state index contributed by atoms with van der Waals surface area (Å²) in [6.45, 7) is 6.21. The molecule has 0 saturated carbocycles. The fraction of sp³-hybridized carbons (Fsp3) is 0.435. The number of ether oxygens (including phenoxy) is 1. The van der Waals surface area contributed by atoms with Crippen LogP contribution in [0.1, 0.15) is 43.2 Å². The van der Waals surface area contributed by atoms with Crippen LogP contribution >= 0.6 is 11.3 Å². The van der Waals surface area contributed by atoms with E-state index in [-0.39, 0.29) is 24.8 Å². The number of rotatable bonds is 7. The van der Waals surface area contributed by atoms with E-state index in [9.17, 15) is 14.4 Å². The molecule has 1 aromatic heterocycles. The highest BCUT2D eigenvalue weighted by molar-refractivity contribution is 7.10. The number of piperidine rings is 1. The maximum absolute atomic E-state index is 12.9. The minimum absolute atomic E-state index is 0.0176. The average Bonchev–Trinajstić information content (AvgIpc) is 3.25. The number of nitrogens with one attached hydrogen (secondary N) is 1. The summed E-state index contributed by atoms with van der Waals surface area (Å²) in [4.78, 5) is 40.4. The standard InChI is InChI=1S/C23H28N2O4S/c1-15(2)13-24-20(26)14-29-23(28)18-10-11-21(27)25(17-8-6-16(3)7-9-17)22(18)19-5-4-12-30-19/h4-9,12,15,18,22H,10-11,13-14H2,1-3H3,(H,24,26)/t18-,22-/m0/s1. The Morgan fingerprint density at radius 1 is 1.23 bits per heavy atom. The van der Waals surface area contributed by atoms with E-state index < -0.39 is 17.9 Å². The smallest absolute Gasteiger partial charge is 0.311 e. The van der Waals surface area contributed by atoms with E-state index in [4.69, 9.17) is 4.74 Å². The Kier molecular flexibility index (Phi) is 7.26. The summed E-state index contributed by atoms with van der Waals surface area (Å²) >= 11 is 1.51. The monoisotopic (exact) mass is 428 g/mol. The van der Waals surface area contributed by atoms with E-state index in [0.717, 1.165) is 16.1 Å². The third kappa shape index (κ3) is 5.27. The largest absolute Gasteiger partial charge is 0.455 e. The molecule has 1 fully saturated rings. The second kappa shape index (κ2) is 9.89. The predicted octanol–water partition coefficient (Wildman–Crippen LogP) is 3.86. The number of aryl methyl sites for hydroxylation is 1. The summed E-state index contributed by atoms with van der Waals surface area (Å²) in [5.41, 5.74) is 1.86. The van der Waals surface area contributed by atoms with Crippen LogP contribution in [0.25, 0.3) is 0 Å². The van der Waals surface area contributed by atoms with Gasteiger partial charge in [-0.1, -0.05) is 37.6 Å². The number of amides is 2. The molecule has 0 spiro atoms. The average molecular weight is 429 g/mol. The number of carbonyl (C=O) groups is 3. The Hall–Kier alpha value is -2.67. The van der Waals surface area contributed by atoms with Crippen molar-refractivity contribution in [2.45, 2.75) is 39.7 Å². The van der Waals surface area contributed by atoms with E-state index in [1.807, 2.05) is 62.5 Å². The zero-order chi connectivity index (χ0) is 21.7. The number of carbonyl (C=O) groups excluding carboxylic acids is 3. The van der Waals surface area contributed by atoms with Gasteiger partial charge in [0, 0.05) is 23.5 Å². The van der Waals surface area contributed by atoms with Crippen molar-refractivity contribution in [1.29, 1.82) is 0 Å². The summed E-state index contributed by atoms with van der Waals surface area (Å²) in [5.74, 6) is -0.985. The van der Waals surface area contributed by atoms with E-state index in [0.29, 0.717) is 18.9 Å². The van der Waals surface area contributed by atoms with Crippen molar-refractivity contribution in [3.8, 4) is 0 Å². The highest BCUT2D eigenvalue weighted by Crippen LogP contribution is 2.42. The van der Waals surface area contributed by atoms with Crippen LogP contribution in [0, 0.1) is 18.8 Å². The lowest BCUT2D eigenvalue weighted by Crippen LogP contribution is -2.46. The molecule has 1 aliphatic rings. The molecule has 1 saturated heterocycles. The summed E-state index contributed by atoms with van der Waals surface area (Å²) < 4.78 is 5.36. The van der Waals surface area contributed by atoms with Crippen molar-refractivity contribution in [3.63, 3.8) is 0 Å². The van der Waals surface area contributed by atoms with Gasteiger partial charge in [0.1, 0.15) is 0 Å². The molecule has 1 N–H and O–H groups in total. The third-order valence-electron chi connectivity index (χ3n) is 5.10. The summed E-state index contributed by atoms with van der Waals surface area (Å²) in [6, 6.07) is 11.1. The molecule has 3 rings (SSSR count). The molecule has 2 atom stereocenters. The van der Waals surface area contributed by atoms with Crippen molar-refractivity contribution < 1.29 is 19.1 Å². The molecule has 160 valence electrons. The van der Waals surface area contributed by atoms with Crippen molar-refractivity contribution in [1.82, 2.24) is 5.32 Å². The van der Waals surface area contributed by atoms with E-state index >= 15 is 0 Å². The van der Waals surface area contributed by atoms with Gasteiger partial charge >= 0.3 is 5.97 Å². The first-order valence-corrected chi connectivity index (χ1v) is 11.1. The Morgan fingerprint density at radius 2 is 1.97 bits per heavy atom. The normalized spacial score (nSPS) is 19.1. The Labute approximate surface area is 181 Å². The quantitative estimate of drug-likeness (QED) is 0.680. The highest BCUT2D eigenvalue weighted by atomic mass is 32.1. The summed E-state index contributed by atoms with van der Waals surface area (Å²) in [5, 5.41) is 4.68. The Balaban J connectivity index is 1.80. The first-order chi connectivity index (χ1) is 14.4. The zero-order valence-electron chi connectivity index (χ0n) is 17.6. The fourth-order valence-electron chi connectivity index (χ4n) is 3.55. The van der Waals surface area contributed by atoms with Crippen LogP contribution in [0.3, 0.4) is 0 Å². The first kappa shape index (κ1) is 22.0. The molecule has 0 aliphatic carbocycles. The van der Waals surface area contributed by atoms with Gasteiger partial charge in [-0.25, -0.2) is 0 Å². The molecule has 2 amide bonds. The van der Waals surface area contributed by atoms with Crippen LogP contribution in [-0.2, 0) is 19.1 Å². The van der Waals surface area contributed by atoms with Crippen molar-refractivity contribution in [2.75, 3.05) is 18.1 Å². The van der Waals surface area contributed by atoms with E-state index in [1.165, 1.54) is 11.3 Å². The minimum Gasteiger partial charge on any atom is -0.455 e. The lowest BCUT2D eigenvalue weighted by Gasteiger charge is -2.39. The molecular formula is C23H28N2O4S. The molecule has 6 nitrogen and oxygen atoms in total. The van der Waals surface area contributed by atoms with Gasteiger partial charge in [0.05, 0.1) is 12.0 Å². The van der Waals surface area contributed by atoms with Gasteiger partial charge < -0.3 is 15.0 Å². The molecule has 7 heteroatoms. The van der Waals surface area contributed by atoms with Gasteiger partial charge in [-0.3, -0.25) is 14.4 Å². The molecule has 2 heterocycles. The summed E-state index contributed by atoms with van der Waals surface area (Å²) in [7, 11) is 0. The molecule has 1 aromatic carbocycles. The maximum Gasteiger partial charge on any atom is 0.311 e. The second-order valence-electron chi connectivity index (χ2n) is 8.01. The number of benzene rings is 1. The van der Waals surface area contributed by atoms with E-state index in [2.05, 4.69) is 5.32 Å². The number of nitrogens with zero attached hydrogens (tertiary/aromatic N) is 1. The first-order valence-electron chi connectivity index (χ1n) is 10.2. The van der Waals surface area contributed by atoms with Gasteiger partial charge in [0.2, 0.25) is 5.91 Å². The van der Waals surface area contributed by atoms with Crippen molar-refractivity contribution in [3.05, 3.63) is 52.2 Å². The van der Waals surface area contributed by atoms with Crippen LogP contribution in [0.4, 0.5) is 5.69 Å². The van der Waals surface area contributed by atoms with Gasteiger partial charge in [-0.15, -0.1) is 11.3 Å². The number of esters is 1. The molecule has 2 aromatic rings. The van der Waals surface area contributed by atoms with Crippen LogP contribution in [0.2, 0.25) is 0 Å². The number of thiophene rings is 1. The number of hydrogen-bond acceptors (Lipinski definition) is 5. The lowest BCUT2D eigenvalue weighted by molar-refractivity contribution is -0.154. The summed E-state index contributed by atoms with van der Waals surface area (Å²) in [6.07, 6.45) is 0.658. The molecule has 0 radical (unpaired) electrons. The molecule has 1 aliphatic heterocycles. The SMILES string of the molecule is Cc1ccc(N2C(=O)CC[C@H](C(=O)OCC(=O)NCC(C)C)[C@H]2c2cccs2)cc1. The van der Waals surface area contributed by atoms with Crippen LogP contribution in [0.15, 0.2) is 41.8 Å². The van der Waals surface area contributed by atoms with Crippen molar-refractivity contribution >= 4 is 34.8 Å². The topological polar surface area (TPSA) is 75.7 Å². The lowest BCUT2D eigenvalue weighted by atomic mass is 9.87. The van der Waals surface area contributed by atoms with Gasteiger partial charge in [0.25, 0.3) is 5.91 Å². The van der Waals surface area contributed by atoms with Crippen LogP contribution < -0.4 is 10.2 Å². The third-order valence-corrected chi connectivity index (χ3v) is 6.04. The zero-order valence-corrected chi connectivity index (χ0v) is 18.4. The number of anilines is 1. The fourth-order valence-corrected chi connectivity index (χ4v) is 4.43. The number of hydrogen-bond donors (Lipinski definition) is 1. The van der Waals surface area contributed by atoms with Gasteiger partial charge in [-0.05, 0) is 42.8 Å². The molecule has 30 heavy (non-hydrogen) atoms. The van der Waals surface area contributed by atoms with Gasteiger partial charge in [0.15, 0.2) is 6.61 Å². The molecular weight excluding hydrogens is 400 g/mol. The highest BCUT2D eigenvalue weighted by Gasteiger charge is 2.42. The van der Waals surface area contributed by atoms with Crippen LogP contribution in [-0.4, -0.2) is 30.9 Å². The van der Waals surface area contributed by atoms with Crippen molar-refractivity contribution in [2.24, 2.45) is 11.8 Å². The second-order valence-corrected chi connectivity index (χ2v) is 8.99. The Bertz CT molecular complexity index is 877. The minimum atomic E-state index is -0.527. The predicted molar refractivity (Wildman–Crippen MR) is 117 cm³/mol. The van der Waals surface area contributed by atoms with Gasteiger partial charge in [-0.2, -0.15) is 0 Å². The van der Waals surface area contributed by atoms with Crippen LogP contribution in [0.5, 0.6) is 0 Å².